The van der Waals surface area contributed by atoms with Gasteiger partial charge in [-0.15, -0.1) is 0 Å². The summed E-state index contributed by atoms with van der Waals surface area (Å²) in [5.74, 6) is 0.736. The van der Waals surface area contributed by atoms with Crippen molar-refractivity contribution in [3.8, 4) is 11.5 Å². The van der Waals surface area contributed by atoms with Crippen molar-refractivity contribution in [1.29, 1.82) is 0 Å². The second-order valence-corrected chi connectivity index (χ2v) is 6.51. The third-order valence-corrected chi connectivity index (χ3v) is 4.20. The van der Waals surface area contributed by atoms with Gasteiger partial charge in [-0.1, -0.05) is 0 Å². The van der Waals surface area contributed by atoms with Crippen LogP contribution in [-0.4, -0.2) is 23.5 Å². The number of nitrogens with zero attached hydrogens (tertiary/aromatic N) is 1. The van der Waals surface area contributed by atoms with E-state index in [9.17, 15) is 9.59 Å². The Morgan fingerprint density at radius 1 is 1.12 bits per heavy atom. The number of hydrogen-bond donors (Lipinski definition) is 1. The molecule has 0 saturated heterocycles. The van der Waals surface area contributed by atoms with Crippen molar-refractivity contribution in [2.45, 2.75) is 26.7 Å². The van der Waals surface area contributed by atoms with Gasteiger partial charge in [0.1, 0.15) is 11.5 Å². The summed E-state index contributed by atoms with van der Waals surface area (Å²) in [6.07, 6.45) is 2.37. The second-order valence-electron chi connectivity index (χ2n) is 6.51. The summed E-state index contributed by atoms with van der Waals surface area (Å²) in [6.45, 7) is 4.16. The lowest BCUT2D eigenvalue weighted by molar-refractivity contribution is -0.116. The summed E-state index contributed by atoms with van der Waals surface area (Å²) >= 11 is 0. The number of carboxylic acid groups (broad SMARTS) is 1. The lowest BCUT2D eigenvalue weighted by Gasteiger charge is -2.21. The fourth-order valence-corrected chi connectivity index (χ4v) is 2.73. The van der Waals surface area contributed by atoms with Crippen molar-refractivity contribution < 1.29 is 19.4 Å². The standard InChI is InChI=1S/C20H21NO4/c1-13-9-16(20(23)24)11-19(10-13)25-18-7-5-17(6-8-18)21(14(2)22)12-15-3-4-15/h5-11,15H,3-4,12H2,1-2H3,(H,23,24). The number of benzene rings is 2. The molecule has 1 amide bonds. The molecule has 1 saturated carbocycles. The average molecular weight is 339 g/mol. The number of ether oxygens (including phenoxy) is 1. The van der Waals surface area contributed by atoms with Gasteiger partial charge in [0.2, 0.25) is 5.91 Å². The van der Waals surface area contributed by atoms with Gasteiger partial charge < -0.3 is 14.7 Å². The molecule has 25 heavy (non-hydrogen) atoms. The third kappa shape index (κ3) is 4.38. The predicted molar refractivity (Wildman–Crippen MR) is 95.4 cm³/mol. The maximum absolute atomic E-state index is 11.9. The van der Waals surface area contributed by atoms with E-state index in [1.165, 1.54) is 18.9 Å². The van der Waals surface area contributed by atoms with E-state index < -0.39 is 5.97 Å². The summed E-state index contributed by atoms with van der Waals surface area (Å²) in [6, 6.07) is 12.2. The third-order valence-electron chi connectivity index (χ3n) is 4.20. The zero-order chi connectivity index (χ0) is 18.0. The maximum Gasteiger partial charge on any atom is 0.335 e. The fourth-order valence-electron chi connectivity index (χ4n) is 2.73. The monoisotopic (exact) mass is 339 g/mol. The first kappa shape index (κ1) is 17.0. The number of aromatic carboxylic acids is 1. The fraction of sp³-hybridized carbons (Fsp3) is 0.300. The molecule has 5 nitrogen and oxygen atoms in total. The molecule has 1 N–H and O–H groups in total. The number of rotatable bonds is 6. The van der Waals surface area contributed by atoms with Gasteiger partial charge in [0, 0.05) is 19.2 Å². The van der Waals surface area contributed by atoms with E-state index in [-0.39, 0.29) is 11.5 Å². The van der Waals surface area contributed by atoms with Gasteiger partial charge in [-0.25, -0.2) is 4.79 Å². The Balaban J connectivity index is 1.76. The topological polar surface area (TPSA) is 66.8 Å². The van der Waals surface area contributed by atoms with E-state index in [0.29, 0.717) is 17.4 Å². The Morgan fingerprint density at radius 2 is 1.80 bits per heavy atom. The zero-order valence-corrected chi connectivity index (χ0v) is 14.4. The highest BCUT2D eigenvalue weighted by molar-refractivity contribution is 5.91. The van der Waals surface area contributed by atoms with E-state index in [0.717, 1.165) is 17.8 Å². The minimum Gasteiger partial charge on any atom is -0.478 e. The molecule has 0 radical (unpaired) electrons. The highest BCUT2D eigenvalue weighted by Crippen LogP contribution is 2.32. The largest absolute Gasteiger partial charge is 0.478 e. The van der Waals surface area contributed by atoms with Gasteiger partial charge >= 0.3 is 5.97 Å². The van der Waals surface area contributed by atoms with E-state index >= 15 is 0 Å². The Morgan fingerprint density at radius 3 is 2.36 bits per heavy atom. The minimum atomic E-state index is -0.985. The minimum absolute atomic E-state index is 0.0327. The molecule has 2 aromatic carbocycles. The molecule has 0 heterocycles. The van der Waals surface area contributed by atoms with Crippen LogP contribution in [0.5, 0.6) is 11.5 Å². The number of carbonyl (C=O) groups excluding carboxylic acids is 1. The molecule has 5 heteroatoms. The normalized spacial score (nSPS) is 13.4. The van der Waals surface area contributed by atoms with Gasteiger partial charge in [-0.2, -0.15) is 0 Å². The predicted octanol–water partition coefficient (Wildman–Crippen LogP) is 4.25. The maximum atomic E-state index is 11.9. The van der Waals surface area contributed by atoms with Crippen molar-refractivity contribution in [2.24, 2.45) is 5.92 Å². The molecule has 1 aliphatic carbocycles. The molecule has 3 rings (SSSR count). The van der Waals surface area contributed by atoms with Gasteiger partial charge in [0.25, 0.3) is 0 Å². The summed E-state index contributed by atoms with van der Waals surface area (Å²) in [4.78, 5) is 24.8. The van der Waals surface area contributed by atoms with Gasteiger partial charge in [-0.3, -0.25) is 4.79 Å². The van der Waals surface area contributed by atoms with E-state index in [2.05, 4.69) is 0 Å². The molecular weight excluding hydrogens is 318 g/mol. The quantitative estimate of drug-likeness (QED) is 0.854. The summed E-state index contributed by atoms with van der Waals surface area (Å²) in [5, 5.41) is 9.13. The lowest BCUT2D eigenvalue weighted by Crippen LogP contribution is -2.30. The highest BCUT2D eigenvalue weighted by atomic mass is 16.5. The molecule has 0 bridgehead atoms. The van der Waals surface area contributed by atoms with Crippen LogP contribution in [0.25, 0.3) is 0 Å². The van der Waals surface area contributed by atoms with Gasteiger partial charge in [0.15, 0.2) is 0 Å². The molecule has 0 aliphatic heterocycles. The second kappa shape index (κ2) is 6.97. The van der Waals surface area contributed by atoms with Crippen molar-refractivity contribution in [1.82, 2.24) is 0 Å². The van der Waals surface area contributed by atoms with Crippen molar-refractivity contribution in [2.75, 3.05) is 11.4 Å². The SMILES string of the molecule is CC(=O)N(CC1CC1)c1ccc(Oc2cc(C)cc(C(=O)O)c2)cc1. The smallest absolute Gasteiger partial charge is 0.335 e. The Hall–Kier alpha value is -2.82. The zero-order valence-electron chi connectivity index (χ0n) is 14.4. The molecule has 1 aliphatic rings. The van der Waals surface area contributed by atoms with E-state index in [1.807, 2.05) is 19.1 Å². The van der Waals surface area contributed by atoms with E-state index in [1.54, 1.807) is 36.1 Å². The van der Waals surface area contributed by atoms with E-state index in [4.69, 9.17) is 9.84 Å². The number of carboxylic acids is 1. The Kier molecular flexibility index (Phi) is 4.74. The molecule has 0 aromatic heterocycles. The number of carbonyl (C=O) groups is 2. The van der Waals surface area contributed by atoms with Crippen LogP contribution in [-0.2, 0) is 4.79 Å². The van der Waals surface area contributed by atoms with Gasteiger partial charge in [0.05, 0.1) is 5.56 Å². The number of aryl methyl sites for hydroxylation is 1. The van der Waals surface area contributed by atoms with Crippen LogP contribution in [0.2, 0.25) is 0 Å². The lowest BCUT2D eigenvalue weighted by atomic mass is 10.1. The summed E-state index contributed by atoms with van der Waals surface area (Å²) in [5.41, 5.74) is 1.86. The first-order valence-electron chi connectivity index (χ1n) is 8.33. The van der Waals surface area contributed by atoms with Crippen LogP contribution >= 0.6 is 0 Å². The Labute approximate surface area is 146 Å². The van der Waals surface area contributed by atoms with Crippen molar-refractivity contribution >= 4 is 17.6 Å². The average Bonchev–Trinajstić information content (AvgIpc) is 3.37. The molecule has 1 fully saturated rings. The highest BCUT2D eigenvalue weighted by Gasteiger charge is 2.26. The van der Waals surface area contributed by atoms with Crippen LogP contribution in [0.1, 0.15) is 35.7 Å². The number of anilines is 1. The van der Waals surface area contributed by atoms with Crippen LogP contribution in [0.15, 0.2) is 42.5 Å². The van der Waals surface area contributed by atoms with Crippen LogP contribution in [0, 0.1) is 12.8 Å². The van der Waals surface area contributed by atoms with Crippen molar-refractivity contribution in [3.63, 3.8) is 0 Å². The van der Waals surface area contributed by atoms with Crippen molar-refractivity contribution in [3.05, 3.63) is 53.6 Å². The first-order valence-corrected chi connectivity index (χ1v) is 8.33. The summed E-state index contributed by atoms with van der Waals surface area (Å²) < 4.78 is 5.77. The van der Waals surface area contributed by atoms with Gasteiger partial charge in [-0.05, 0) is 73.7 Å². The molecular formula is C20H21NO4. The molecule has 2 aromatic rings. The first-order chi connectivity index (χ1) is 11.9. The van der Waals surface area contributed by atoms with Crippen LogP contribution in [0.3, 0.4) is 0 Å². The number of amides is 1. The molecule has 130 valence electrons. The molecule has 0 unspecified atom stereocenters. The molecule has 0 spiro atoms. The van der Waals surface area contributed by atoms with Crippen LogP contribution < -0.4 is 9.64 Å². The number of hydrogen-bond acceptors (Lipinski definition) is 3. The summed E-state index contributed by atoms with van der Waals surface area (Å²) in [7, 11) is 0. The van der Waals surface area contributed by atoms with Crippen LogP contribution in [0.4, 0.5) is 5.69 Å². The molecule has 0 atom stereocenters. The Bertz CT molecular complexity index is 794.